The van der Waals surface area contributed by atoms with Crippen molar-refractivity contribution in [1.82, 2.24) is 0 Å². The molecule has 0 aliphatic heterocycles. The highest BCUT2D eigenvalue weighted by molar-refractivity contribution is 6.06. The first-order chi connectivity index (χ1) is 9.49. The first kappa shape index (κ1) is 13.6. The van der Waals surface area contributed by atoms with Gasteiger partial charge >= 0.3 is 0 Å². The van der Waals surface area contributed by atoms with Gasteiger partial charge in [-0.25, -0.2) is 0 Å². The normalized spacial score (nSPS) is 10.1. The maximum absolute atomic E-state index is 12.1. The Kier molecular flexibility index (Phi) is 3.70. The zero-order valence-electron chi connectivity index (χ0n) is 11.0. The van der Waals surface area contributed by atoms with Gasteiger partial charge in [0.05, 0.1) is 0 Å². The lowest BCUT2D eigenvalue weighted by atomic mass is 10.1. The molecule has 0 spiro atoms. The van der Waals surface area contributed by atoms with E-state index in [2.05, 4.69) is 5.32 Å². The third-order valence-electron chi connectivity index (χ3n) is 3.00. The van der Waals surface area contributed by atoms with Crippen molar-refractivity contribution in [2.45, 2.75) is 6.92 Å². The van der Waals surface area contributed by atoms with E-state index in [0.29, 0.717) is 28.1 Å². The van der Waals surface area contributed by atoms with Crippen LogP contribution in [0.2, 0.25) is 0 Å². The Bertz CT molecular complexity index is 681. The molecule has 0 fully saturated rings. The number of hydrogen-bond donors (Lipinski definition) is 3. The van der Waals surface area contributed by atoms with Crippen molar-refractivity contribution in [1.29, 1.82) is 0 Å². The predicted octanol–water partition coefficient (Wildman–Crippen LogP) is 1.93. The third-order valence-corrected chi connectivity index (χ3v) is 3.00. The van der Waals surface area contributed by atoms with Crippen molar-refractivity contribution in [3.8, 4) is 0 Å². The highest BCUT2D eigenvalue weighted by atomic mass is 16.2. The first-order valence-electron chi connectivity index (χ1n) is 6.05. The number of benzene rings is 2. The van der Waals surface area contributed by atoms with Gasteiger partial charge in [0.25, 0.3) is 5.91 Å². The quantitative estimate of drug-likeness (QED) is 0.742. The van der Waals surface area contributed by atoms with Crippen molar-refractivity contribution in [2.24, 2.45) is 5.73 Å². The van der Waals surface area contributed by atoms with Gasteiger partial charge in [-0.3, -0.25) is 9.59 Å². The van der Waals surface area contributed by atoms with Crippen molar-refractivity contribution in [2.75, 3.05) is 11.1 Å². The molecule has 0 heterocycles. The molecule has 102 valence electrons. The highest BCUT2D eigenvalue weighted by Crippen LogP contribution is 2.19. The molecule has 5 nitrogen and oxygen atoms in total. The lowest BCUT2D eigenvalue weighted by Gasteiger charge is -2.11. The second-order valence-electron chi connectivity index (χ2n) is 4.42. The fraction of sp³-hybridized carbons (Fsp3) is 0.0667. The molecule has 5 N–H and O–H groups in total. The van der Waals surface area contributed by atoms with Crippen LogP contribution in [0.15, 0.2) is 42.5 Å². The number of carbonyl (C=O) groups excluding carboxylic acids is 2. The number of nitrogens with two attached hydrogens (primary N) is 2. The van der Waals surface area contributed by atoms with Crippen LogP contribution in [0.1, 0.15) is 26.3 Å². The Hall–Kier alpha value is -2.82. The summed E-state index contributed by atoms with van der Waals surface area (Å²) in [5.74, 6) is -0.815. The van der Waals surface area contributed by atoms with Crippen LogP contribution in [0.3, 0.4) is 0 Å². The molecule has 5 heteroatoms. The molecule has 2 aromatic rings. The van der Waals surface area contributed by atoms with E-state index in [0.717, 1.165) is 0 Å². The minimum absolute atomic E-state index is 0.290. The van der Waals surface area contributed by atoms with E-state index in [1.165, 1.54) is 0 Å². The van der Waals surface area contributed by atoms with E-state index in [9.17, 15) is 9.59 Å². The number of rotatable bonds is 3. The summed E-state index contributed by atoms with van der Waals surface area (Å²) in [4.78, 5) is 23.4. The lowest BCUT2D eigenvalue weighted by molar-refractivity contribution is 0.0995. The second kappa shape index (κ2) is 5.44. The lowest BCUT2D eigenvalue weighted by Crippen LogP contribution is -2.16. The van der Waals surface area contributed by atoms with Gasteiger partial charge in [-0.05, 0) is 42.8 Å². The molecule has 0 saturated carbocycles. The summed E-state index contributed by atoms with van der Waals surface area (Å²) in [5.41, 5.74) is 13.5. The van der Waals surface area contributed by atoms with Crippen molar-refractivity contribution >= 4 is 23.2 Å². The second-order valence-corrected chi connectivity index (χ2v) is 4.42. The number of hydrogen-bond acceptors (Lipinski definition) is 3. The standard InChI is InChI=1S/C15H15N3O2/c1-9-12(14(17)19)6-3-7-13(9)18-15(20)10-4-2-5-11(16)8-10/h2-8H,16H2,1H3,(H2,17,19)(H,18,20). The molecule has 2 rings (SSSR count). The van der Waals surface area contributed by atoms with Crippen LogP contribution in [0, 0.1) is 6.92 Å². The number of nitrogen functional groups attached to an aromatic ring is 1. The molecule has 0 aromatic heterocycles. The zero-order valence-corrected chi connectivity index (χ0v) is 11.0. The Morgan fingerprint density at radius 2 is 1.80 bits per heavy atom. The Labute approximate surface area is 116 Å². The molecule has 0 radical (unpaired) electrons. The average molecular weight is 269 g/mol. The minimum Gasteiger partial charge on any atom is -0.399 e. The van der Waals surface area contributed by atoms with Crippen LogP contribution >= 0.6 is 0 Å². The number of nitrogens with one attached hydrogen (secondary N) is 1. The number of primary amides is 1. The fourth-order valence-electron chi connectivity index (χ4n) is 1.91. The van der Waals surface area contributed by atoms with Crippen LogP contribution in [0.4, 0.5) is 11.4 Å². The van der Waals surface area contributed by atoms with Crippen LogP contribution in [0.5, 0.6) is 0 Å². The molecule has 0 bridgehead atoms. The van der Waals surface area contributed by atoms with Gasteiger partial charge in [-0.2, -0.15) is 0 Å². The average Bonchev–Trinajstić information content (AvgIpc) is 2.40. The Balaban J connectivity index is 2.29. The van der Waals surface area contributed by atoms with Crippen LogP contribution < -0.4 is 16.8 Å². The molecular formula is C15H15N3O2. The summed E-state index contributed by atoms with van der Waals surface area (Å²) < 4.78 is 0. The Morgan fingerprint density at radius 1 is 1.10 bits per heavy atom. The molecule has 2 aromatic carbocycles. The summed E-state index contributed by atoms with van der Waals surface area (Å²) in [7, 11) is 0. The van der Waals surface area contributed by atoms with Crippen LogP contribution in [-0.4, -0.2) is 11.8 Å². The van der Waals surface area contributed by atoms with E-state index in [-0.39, 0.29) is 5.91 Å². The van der Waals surface area contributed by atoms with Gasteiger partial charge in [0.15, 0.2) is 0 Å². The highest BCUT2D eigenvalue weighted by Gasteiger charge is 2.12. The van der Waals surface area contributed by atoms with E-state index in [1.54, 1.807) is 49.4 Å². The monoisotopic (exact) mass is 269 g/mol. The molecule has 0 aliphatic carbocycles. The van der Waals surface area contributed by atoms with Gasteiger partial charge in [-0.1, -0.05) is 12.1 Å². The van der Waals surface area contributed by atoms with Crippen molar-refractivity contribution in [3.63, 3.8) is 0 Å². The van der Waals surface area contributed by atoms with E-state index >= 15 is 0 Å². The molecule has 0 atom stereocenters. The van der Waals surface area contributed by atoms with E-state index in [1.807, 2.05) is 0 Å². The minimum atomic E-state index is -0.525. The molecule has 0 saturated heterocycles. The van der Waals surface area contributed by atoms with Crippen LogP contribution in [-0.2, 0) is 0 Å². The van der Waals surface area contributed by atoms with Gasteiger partial charge < -0.3 is 16.8 Å². The van der Waals surface area contributed by atoms with Gasteiger partial charge in [0.2, 0.25) is 5.91 Å². The molecule has 2 amide bonds. The number of amides is 2. The summed E-state index contributed by atoms with van der Waals surface area (Å²) in [5, 5.41) is 2.75. The Morgan fingerprint density at radius 3 is 2.45 bits per heavy atom. The summed E-state index contributed by atoms with van der Waals surface area (Å²) in [6.07, 6.45) is 0. The molecule has 0 aliphatic rings. The summed E-state index contributed by atoms with van der Waals surface area (Å²) >= 11 is 0. The third kappa shape index (κ3) is 2.77. The topological polar surface area (TPSA) is 98.2 Å². The van der Waals surface area contributed by atoms with Crippen molar-refractivity contribution in [3.05, 3.63) is 59.2 Å². The summed E-state index contributed by atoms with van der Waals surface area (Å²) in [6, 6.07) is 11.7. The largest absolute Gasteiger partial charge is 0.399 e. The van der Waals surface area contributed by atoms with Crippen molar-refractivity contribution < 1.29 is 9.59 Å². The SMILES string of the molecule is Cc1c(NC(=O)c2cccc(N)c2)cccc1C(N)=O. The van der Waals surface area contributed by atoms with Gasteiger partial charge in [-0.15, -0.1) is 0 Å². The molecule has 20 heavy (non-hydrogen) atoms. The smallest absolute Gasteiger partial charge is 0.255 e. The maximum Gasteiger partial charge on any atom is 0.255 e. The van der Waals surface area contributed by atoms with E-state index < -0.39 is 5.91 Å². The molecule has 0 unspecified atom stereocenters. The summed E-state index contributed by atoms with van der Waals surface area (Å²) in [6.45, 7) is 1.73. The van der Waals surface area contributed by atoms with Gasteiger partial charge in [0.1, 0.15) is 0 Å². The number of anilines is 2. The number of carbonyl (C=O) groups is 2. The molecular weight excluding hydrogens is 254 g/mol. The zero-order chi connectivity index (χ0) is 14.7. The van der Waals surface area contributed by atoms with Crippen LogP contribution in [0.25, 0.3) is 0 Å². The maximum atomic E-state index is 12.1. The van der Waals surface area contributed by atoms with Gasteiger partial charge in [0, 0.05) is 22.5 Å². The fourth-order valence-corrected chi connectivity index (χ4v) is 1.91. The first-order valence-corrected chi connectivity index (χ1v) is 6.05. The van der Waals surface area contributed by atoms with E-state index in [4.69, 9.17) is 11.5 Å². The predicted molar refractivity (Wildman–Crippen MR) is 78.5 cm³/mol.